The molecule has 2 aromatic rings. The van der Waals surface area contributed by atoms with Crippen molar-refractivity contribution in [1.82, 2.24) is 0 Å². The van der Waals surface area contributed by atoms with E-state index in [4.69, 9.17) is 5.11 Å². The molecule has 152 valence electrons. The van der Waals surface area contributed by atoms with Crippen LogP contribution in [0.15, 0.2) is 42.5 Å². The van der Waals surface area contributed by atoms with E-state index in [1.165, 1.54) is 23.3 Å². The number of aliphatic carboxylic acids is 1. The van der Waals surface area contributed by atoms with Crippen LogP contribution in [-0.4, -0.2) is 22.8 Å². The van der Waals surface area contributed by atoms with E-state index in [9.17, 15) is 14.4 Å². The Morgan fingerprint density at radius 3 is 2.00 bits per heavy atom. The van der Waals surface area contributed by atoms with Crippen molar-refractivity contribution >= 4 is 23.3 Å². The van der Waals surface area contributed by atoms with E-state index in [2.05, 4.69) is 39.1 Å². The Morgan fingerprint density at radius 2 is 1.41 bits per heavy atom. The first-order chi connectivity index (χ1) is 13.5. The lowest BCUT2D eigenvalue weighted by molar-refractivity contribution is -0.135. The van der Waals surface area contributed by atoms with Crippen LogP contribution in [0, 0.1) is 0 Å². The number of rotatable bonds is 5. The number of fused-ring (bicyclic) bond motifs is 1. The second kappa shape index (κ2) is 7.47. The lowest BCUT2D eigenvalue weighted by Gasteiger charge is -2.42. The molecule has 0 unspecified atom stereocenters. The van der Waals surface area contributed by atoms with E-state index in [0.29, 0.717) is 16.8 Å². The zero-order chi connectivity index (χ0) is 21.4. The molecule has 0 fully saturated rings. The third-order valence-electron chi connectivity index (χ3n) is 5.89. The van der Waals surface area contributed by atoms with Gasteiger partial charge in [0.2, 0.25) is 0 Å². The van der Waals surface area contributed by atoms with E-state index in [-0.39, 0.29) is 16.7 Å². The zero-order valence-corrected chi connectivity index (χ0v) is 17.3. The number of carbonyl (C=O) groups is 3. The molecule has 0 atom stereocenters. The van der Waals surface area contributed by atoms with Crippen molar-refractivity contribution in [2.45, 2.75) is 57.8 Å². The van der Waals surface area contributed by atoms with Crippen LogP contribution in [-0.2, 0) is 15.6 Å². The summed E-state index contributed by atoms with van der Waals surface area (Å²) >= 11 is 0. The number of nitrogens with one attached hydrogen (secondary N) is 1. The van der Waals surface area contributed by atoms with Gasteiger partial charge in [-0.2, -0.15) is 0 Å². The number of benzene rings is 2. The number of ketones is 1. The lowest BCUT2D eigenvalue weighted by Crippen LogP contribution is -2.34. The predicted molar refractivity (Wildman–Crippen MR) is 113 cm³/mol. The summed E-state index contributed by atoms with van der Waals surface area (Å²) in [5, 5.41) is 11.6. The van der Waals surface area contributed by atoms with E-state index in [0.717, 1.165) is 12.8 Å². The molecule has 3 rings (SSSR count). The van der Waals surface area contributed by atoms with Crippen molar-refractivity contribution in [2.75, 3.05) is 5.32 Å². The molecule has 0 bridgehead atoms. The van der Waals surface area contributed by atoms with E-state index in [1.54, 1.807) is 12.1 Å². The molecule has 1 aliphatic rings. The van der Waals surface area contributed by atoms with Crippen LogP contribution in [0.25, 0.3) is 0 Å². The fraction of sp³-hybridized carbons (Fsp3) is 0.375. The summed E-state index contributed by atoms with van der Waals surface area (Å²) in [7, 11) is 0. The van der Waals surface area contributed by atoms with Crippen LogP contribution in [0.4, 0.5) is 5.69 Å². The minimum absolute atomic E-state index is 0.0211. The maximum Gasteiger partial charge on any atom is 0.311 e. The largest absolute Gasteiger partial charge is 0.481 e. The van der Waals surface area contributed by atoms with Gasteiger partial charge in [0.05, 0.1) is 0 Å². The highest BCUT2D eigenvalue weighted by Crippen LogP contribution is 2.45. The summed E-state index contributed by atoms with van der Waals surface area (Å²) in [5.74, 6) is -1.84. The SMILES string of the molecule is CC1(C)CCC(C)(C)c2cc(C(=O)Nc3ccc(C(=O)CC(=O)O)cc3)ccc21. The van der Waals surface area contributed by atoms with Crippen LogP contribution < -0.4 is 5.32 Å². The van der Waals surface area contributed by atoms with Gasteiger partial charge in [0.25, 0.3) is 5.91 Å². The van der Waals surface area contributed by atoms with Crippen molar-refractivity contribution in [1.29, 1.82) is 0 Å². The molecule has 0 spiro atoms. The number of amides is 1. The van der Waals surface area contributed by atoms with Gasteiger partial charge in [-0.15, -0.1) is 0 Å². The number of carboxylic acids is 1. The topological polar surface area (TPSA) is 83.5 Å². The number of carbonyl (C=O) groups excluding carboxylic acids is 2. The highest BCUT2D eigenvalue weighted by molar-refractivity contribution is 6.07. The first kappa shape index (κ1) is 20.8. The molecule has 0 heterocycles. The molecular formula is C24H27NO4. The van der Waals surface area contributed by atoms with Gasteiger partial charge < -0.3 is 10.4 Å². The molecule has 0 aromatic heterocycles. The molecule has 5 heteroatoms. The summed E-state index contributed by atoms with van der Waals surface area (Å²) < 4.78 is 0. The Balaban J connectivity index is 1.80. The summed E-state index contributed by atoms with van der Waals surface area (Å²) in [6, 6.07) is 12.2. The number of anilines is 1. The highest BCUT2D eigenvalue weighted by atomic mass is 16.4. The van der Waals surface area contributed by atoms with Crippen molar-refractivity contribution in [3.8, 4) is 0 Å². The molecule has 5 nitrogen and oxygen atoms in total. The molecule has 29 heavy (non-hydrogen) atoms. The Kier molecular flexibility index (Phi) is 5.35. The summed E-state index contributed by atoms with van der Waals surface area (Å²) in [4.78, 5) is 35.2. The maximum atomic E-state index is 12.8. The molecule has 0 saturated heterocycles. The number of carboxylic acid groups (broad SMARTS) is 1. The minimum atomic E-state index is -1.16. The predicted octanol–water partition coefficient (Wildman–Crippen LogP) is 4.95. The Bertz CT molecular complexity index is 971. The Morgan fingerprint density at radius 1 is 0.862 bits per heavy atom. The van der Waals surface area contributed by atoms with Gasteiger partial charge >= 0.3 is 5.97 Å². The Hall–Kier alpha value is -2.95. The zero-order valence-electron chi connectivity index (χ0n) is 17.3. The quantitative estimate of drug-likeness (QED) is 0.556. The minimum Gasteiger partial charge on any atom is -0.481 e. The Labute approximate surface area is 171 Å². The molecule has 0 saturated carbocycles. The molecule has 0 radical (unpaired) electrons. The fourth-order valence-corrected chi connectivity index (χ4v) is 3.91. The van der Waals surface area contributed by atoms with Crippen LogP contribution in [0.2, 0.25) is 0 Å². The third-order valence-corrected chi connectivity index (χ3v) is 5.89. The van der Waals surface area contributed by atoms with Crippen molar-refractivity contribution in [3.05, 3.63) is 64.7 Å². The monoisotopic (exact) mass is 393 g/mol. The normalized spacial score (nSPS) is 16.6. The van der Waals surface area contributed by atoms with Gasteiger partial charge in [-0.1, -0.05) is 33.8 Å². The van der Waals surface area contributed by atoms with Crippen LogP contribution >= 0.6 is 0 Å². The molecule has 2 N–H and O–H groups in total. The van der Waals surface area contributed by atoms with Gasteiger partial charge in [-0.3, -0.25) is 14.4 Å². The van der Waals surface area contributed by atoms with Crippen LogP contribution in [0.3, 0.4) is 0 Å². The fourth-order valence-electron chi connectivity index (χ4n) is 3.91. The van der Waals surface area contributed by atoms with E-state index >= 15 is 0 Å². The molecule has 0 aliphatic heterocycles. The molecular weight excluding hydrogens is 366 g/mol. The average Bonchev–Trinajstić information content (AvgIpc) is 2.65. The standard InChI is InChI=1S/C24H27NO4/c1-23(2)11-12-24(3,4)19-13-16(7-10-18(19)23)22(29)25-17-8-5-15(6-9-17)20(26)14-21(27)28/h5-10,13H,11-12,14H2,1-4H3,(H,25,29)(H,27,28). The average molecular weight is 393 g/mol. The van der Waals surface area contributed by atoms with Gasteiger partial charge in [-0.05, 0) is 71.2 Å². The van der Waals surface area contributed by atoms with Crippen molar-refractivity contribution in [3.63, 3.8) is 0 Å². The van der Waals surface area contributed by atoms with Crippen molar-refractivity contribution < 1.29 is 19.5 Å². The smallest absolute Gasteiger partial charge is 0.311 e. The summed E-state index contributed by atoms with van der Waals surface area (Å²) in [6.45, 7) is 8.92. The summed E-state index contributed by atoms with van der Waals surface area (Å²) in [6.07, 6.45) is 1.64. The van der Waals surface area contributed by atoms with Crippen LogP contribution in [0.5, 0.6) is 0 Å². The number of hydrogen-bond donors (Lipinski definition) is 2. The van der Waals surface area contributed by atoms with E-state index in [1.807, 2.05) is 12.1 Å². The van der Waals surface area contributed by atoms with Crippen LogP contribution in [0.1, 0.15) is 78.8 Å². The van der Waals surface area contributed by atoms with Gasteiger partial charge in [0, 0.05) is 16.8 Å². The second-order valence-corrected chi connectivity index (χ2v) is 9.05. The van der Waals surface area contributed by atoms with Gasteiger partial charge in [0.1, 0.15) is 6.42 Å². The molecule has 1 aliphatic carbocycles. The first-order valence-corrected chi connectivity index (χ1v) is 9.81. The van der Waals surface area contributed by atoms with Crippen molar-refractivity contribution in [2.24, 2.45) is 0 Å². The first-order valence-electron chi connectivity index (χ1n) is 9.81. The third kappa shape index (κ3) is 4.39. The highest BCUT2D eigenvalue weighted by Gasteiger charge is 2.37. The molecule has 1 amide bonds. The lowest BCUT2D eigenvalue weighted by atomic mass is 9.63. The summed E-state index contributed by atoms with van der Waals surface area (Å²) in [5.41, 5.74) is 4.09. The second-order valence-electron chi connectivity index (χ2n) is 9.05. The molecule has 2 aromatic carbocycles. The number of hydrogen-bond acceptors (Lipinski definition) is 3. The van der Waals surface area contributed by atoms with Gasteiger partial charge in [0.15, 0.2) is 5.78 Å². The van der Waals surface area contributed by atoms with Gasteiger partial charge in [-0.25, -0.2) is 0 Å². The number of Topliss-reactive ketones (excluding diaryl/α,β-unsaturated/α-hetero) is 1. The van der Waals surface area contributed by atoms with E-state index < -0.39 is 18.2 Å². The maximum absolute atomic E-state index is 12.8.